The number of nitrogens with zero attached hydrogens (tertiary/aromatic N) is 3. The largest absolute Gasteiger partial charge is 0.393 e. The number of aliphatic hydroxyl groups is 3. The van der Waals surface area contributed by atoms with Gasteiger partial charge in [-0.15, -0.1) is 0 Å². The minimum absolute atomic E-state index is 0.0174. The van der Waals surface area contributed by atoms with Gasteiger partial charge in [0.1, 0.15) is 11.6 Å². The average Bonchev–Trinajstić information content (AvgIpc) is 3.18. The highest BCUT2D eigenvalue weighted by molar-refractivity contribution is 6.30. The molecule has 0 saturated heterocycles. The van der Waals surface area contributed by atoms with E-state index in [-0.39, 0.29) is 35.0 Å². The normalized spacial score (nSPS) is 28.7. The van der Waals surface area contributed by atoms with Gasteiger partial charge in [0.25, 0.3) is 5.91 Å². The van der Waals surface area contributed by atoms with Gasteiger partial charge >= 0.3 is 0 Å². The van der Waals surface area contributed by atoms with Gasteiger partial charge in [0, 0.05) is 23.0 Å². The fourth-order valence-corrected chi connectivity index (χ4v) is 6.72. The highest BCUT2D eigenvalue weighted by Gasteiger charge is 2.57. The second kappa shape index (κ2) is 11.1. The van der Waals surface area contributed by atoms with Crippen molar-refractivity contribution in [2.45, 2.75) is 81.6 Å². The van der Waals surface area contributed by atoms with Crippen molar-refractivity contribution in [3.8, 4) is 0 Å². The molecule has 0 spiro atoms. The maximum Gasteiger partial charge on any atom is 0.257 e. The van der Waals surface area contributed by atoms with Crippen LogP contribution >= 0.6 is 23.2 Å². The number of aliphatic hydroxyl groups excluding tert-OH is 2. The van der Waals surface area contributed by atoms with Crippen LogP contribution in [0.1, 0.15) is 78.3 Å². The number of carbonyl (C=O) groups excluding carboxylic acids is 1. The number of hydrogen-bond acceptors (Lipinski definition) is 7. The third-order valence-corrected chi connectivity index (χ3v) is 9.42. The summed E-state index contributed by atoms with van der Waals surface area (Å²) in [5.74, 6) is -1.18. The Balaban J connectivity index is 1.52. The standard InChI is InChI=1S/C31H32Cl2FN3O5/c1-30(41,17-4-8-22(38)9-5-17)19-10-25-28(26(34)11-19)31(42-24-12-23(39)13-24,18-2-6-20(32)7-3-18)37(29(25)40)16-27-35-14-21(33)15-36-27/h2-3,6-7,10-11,14-15,17,22-24,38-39,41H,4-5,8-9,12-13,16H2,1H3/t17-,22-,23-,24+,30?,31-/m1/s1. The third-order valence-electron chi connectivity index (χ3n) is 8.98. The second-order valence-corrected chi connectivity index (χ2v) is 12.6. The Kier molecular flexibility index (Phi) is 7.79. The minimum atomic E-state index is -1.73. The Morgan fingerprint density at radius 2 is 1.67 bits per heavy atom. The lowest BCUT2D eigenvalue weighted by Gasteiger charge is -2.45. The summed E-state index contributed by atoms with van der Waals surface area (Å²) in [6, 6.07) is 9.50. The maximum absolute atomic E-state index is 16.6. The molecule has 1 amide bonds. The predicted octanol–water partition coefficient (Wildman–Crippen LogP) is 5.08. The number of amides is 1. The smallest absolute Gasteiger partial charge is 0.257 e. The Labute approximate surface area is 253 Å². The summed E-state index contributed by atoms with van der Waals surface area (Å²) < 4.78 is 23.3. The Morgan fingerprint density at radius 3 is 2.29 bits per heavy atom. The number of halogens is 3. The van der Waals surface area contributed by atoms with Crippen LogP contribution in [0.2, 0.25) is 10.0 Å². The zero-order chi connectivity index (χ0) is 29.8. The number of aromatic nitrogens is 2. The van der Waals surface area contributed by atoms with Crippen molar-refractivity contribution < 1.29 is 29.2 Å². The highest BCUT2D eigenvalue weighted by atomic mass is 35.5. The van der Waals surface area contributed by atoms with Gasteiger partial charge in [-0.1, -0.05) is 35.3 Å². The first-order chi connectivity index (χ1) is 20.0. The molecule has 1 aromatic heterocycles. The van der Waals surface area contributed by atoms with Crippen LogP contribution < -0.4 is 0 Å². The lowest BCUT2D eigenvalue weighted by molar-refractivity contribution is -0.191. The first-order valence-electron chi connectivity index (χ1n) is 14.1. The van der Waals surface area contributed by atoms with E-state index in [1.807, 2.05) is 0 Å². The van der Waals surface area contributed by atoms with Crippen LogP contribution in [0.5, 0.6) is 0 Å². The molecule has 2 fully saturated rings. The van der Waals surface area contributed by atoms with Crippen LogP contribution in [0, 0.1) is 11.7 Å². The summed E-state index contributed by atoms with van der Waals surface area (Å²) in [5.41, 5.74) is -2.34. The van der Waals surface area contributed by atoms with E-state index in [1.54, 1.807) is 37.3 Å². The van der Waals surface area contributed by atoms with Crippen LogP contribution in [0.3, 0.4) is 0 Å². The molecule has 2 aromatic carbocycles. The first kappa shape index (κ1) is 29.4. The van der Waals surface area contributed by atoms with Gasteiger partial charge in [0.15, 0.2) is 0 Å². The van der Waals surface area contributed by atoms with Crippen molar-refractivity contribution >= 4 is 29.1 Å². The summed E-state index contributed by atoms with van der Waals surface area (Å²) in [5, 5.41) is 32.5. The van der Waals surface area contributed by atoms with E-state index < -0.39 is 41.4 Å². The van der Waals surface area contributed by atoms with Crippen molar-refractivity contribution in [2.24, 2.45) is 5.92 Å². The molecule has 2 aliphatic carbocycles. The molecule has 11 heteroatoms. The molecule has 3 aliphatic rings. The Hall–Kier alpha value is -2.66. The van der Waals surface area contributed by atoms with E-state index in [1.165, 1.54) is 23.4 Å². The predicted molar refractivity (Wildman–Crippen MR) is 153 cm³/mol. The molecule has 3 aromatic rings. The topological polar surface area (TPSA) is 116 Å². The molecular weight excluding hydrogens is 584 g/mol. The van der Waals surface area contributed by atoms with E-state index >= 15 is 4.39 Å². The number of rotatable bonds is 7. The van der Waals surface area contributed by atoms with Crippen LogP contribution in [0.25, 0.3) is 0 Å². The Bertz CT molecular complexity index is 1480. The molecule has 2 atom stereocenters. The number of carbonyl (C=O) groups is 1. The van der Waals surface area contributed by atoms with Crippen molar-refractivity contribution in [2.75, 3.05) is 0 Å². The van der Waals surface area contributed by atoms with Gasteiger partial charge in [-0.05, 0) is 81.2 Å². The van der Waals surface area contributed by atoms with Crippen LogP contribution in [-0.2, 0) is 22.6 Å². The molecule has 0 bridgehead atoms. The van der Waals surface area contributed by atoms with E-state index in [9.17, 15) is 20.1 Å². The minimum Gasteiger partial charge on any atom is -0.393 e. The Morgan fingerprint density at radius 1 is 1.02 bits per heavy atom. The van der Waals surface area contributed by atoms with Crippen LogP contribution in [0.4, 0.5) is 4.39 Å². The van der Waals surface area contributed by atoms with Crippen molar-refractivity contribution in [1.29, 1.82) is 0 Å². The first-order valence-corrected chi connectivity index (χ1v) is 14.9. The van der Waals surface area contributed by atoms with Gasteiger partial charge in [-0.3, -0.25) is 9.69 Å². The van der Waals surface area contributed by atoms with E-state index in [0.29, 0.717) is 54.1 Å². The maximum atomic E-state index is 16.6. The van der Waals surface area contributed by atoms with E-state index in [2.05, 4.69) is 9.97 Å². The summed E-state index contributed by atoms with van der Waals surface area (Å²) in [4.78, 5) is 24.3. The van der Waals surface area contributed by atoms with Crippen molar-refractivity contribution in [1.82, 2.24) is 14.9 Å². The molecule has 2 saturated carbocycles. The fourth-order valence-electron chi connectivity index (χ4n) is 6.50. The summed E-state index contributed by atoms with van der Waals surface area (Å²) >= 11 is 12.2. The molecule has 0 radical (unpaired) electrons. The van der Waals surface area contributed by atoms with Crippen molar-refractivity contribution in [3.05, 3.63) is 92.7 Å². The molecule has 8 nitrogen and oxygen atoms in total. The van der Waals surface area contributed by atoms with Gasteiger partial charge in [-0.2, -0.15) is 0 Å². The molecule has 2 heterocycles. The molecule has 3 N–H and O–H groups in total. The van der Waals surface area contributed by atoms with Gasteiger partial charge in [0.05, 0.1) is 46.6 Å². The lowest BCUT2D eigenvalue weighted by Crippen LogP contribution is -2.51. The number of benzene rings is 2. The number of fused-ring (bicyclic) bond motifs is 1. The summed E-state index contributed by atoms with van der Waals surface area (Å²) in [7, 11) is 0. The number of ether oxygens (including phenoxy) is 1. The summed E-state index contributed by atoms with van der Waals surface area (Å²) in [6.45, 7) is 1.50. The van der Waals surface area contributed by atoms with E-state index in [0.717, 1.165) is 0 Å². The zero-order valence-corrected chi connectivity index (χ0v) is 24.5. The van der Waals surface area contributed by atoms with Crippen molar-refractivity contribution in [3.63, 3.8) is 0 Å². The quantitative estimate of drug-likeness (QED) is 0.339. The zero-order valence-electron chi connectivity index (χ0n) is 23.0. The monoisotopic (exact) mass is 615 g/mol. The van der Waals surface area contributed by atoms with Gasteiger partial charge in [0.2, 0.25) is 5.72 Å². The molecule has 222 valence electrons. The molecule has 6 rings (SSSR count). The van der Waals surface area contributed by atoms with Crippen LogP contribution in [-0.4, -0.2) is 54.4 Å². The second-order valence-electron chi connectivity index (χ2n) is 11.8. The molecule has 1 unspecified atom stereocenters. The molecular formula is C31H32Cl2FN3O5. The lowest BCUT2D eigenvalue weighted by atomic mass is 9.73. The SMILES string of the molecule is CC(O)(c1cc(F)c2c(c1)C(=O)N(Cc1ncc(Cl)cn1)[C@@]2(O[C@H]1C[C@@H](O)C1)c1ccc(Cl)cc1)[C@H]1CC[C@H](O)CC1. The van der Waals surface area contributed by atoms with Gasteiger partial charge < -0.3 is 20.1 Å². The van der Waals surface area contributed by atoms with E-state index in [4.69, 9.17) is 27.9 Å². The third kappa shape index (κ3) is 5.10. The number of hydrogen-bond donors (Lipinski definition) is 3. The summed E-state index contributed by atoms with van der Waals surface area (Å²) in [6.07, 6.45) is 4.29. The molecule has 42 heavy (non-hydrogen) atoms. The molecule has 1 aliphatic heterocycles. The highest BCUT2D eigenvalue weighted by Crippen LogP contribution is 2.51. The average molecular weight is 617 g/mol. The van der Waals surface area contributed by atoms with Crippen LogP contribution in [0.15, 0.2) is 48.8 Å². The fraction of sp³-hybridized carbons (Fsp3) is 0.452. The van der Waals surface area contributed by atoms with Gasteiger partial charge in [-0.25, -0.2) is 14.4 Å².